The summed E-state index contributed by atoms with van der Waals surface area (Å²) >= 11 is 0. The highest BCUT2D eigenvalue weighted by Crippen LogP contribution is 2.24. The van der Waals surface area contributed by atoms with Crippen LogP contribution in [0.3, 0.4) is 0 Å². The maximum Gasteiger partial charge on any atom is 0.103 e. The maximum absolute atomic E-state index is 9.09. The lowest BCUT2D eigenvalue weighted by Crippen LogP contribution is -2.40. The molecule has 18 heavy (non-hydrogen) atoms. The lowest BCUT2D eigenvalue weighted by Gasteiger charge is -2.34. The van der Waals surface area contributed by atoms with Crippen molar-refractivity contribution in [1.29, 1.82) is 5.26 Å². The number of hydrogen-bond donors (Lipinski definition) is 1. The fraction of sp³-hybridized carbons (Fsp3) is 0.933. The van der Waals surface area contributed by atoms with E-state index in [2.05, 4.69) is 30.1 Å². The molecule has 3 nitrogen and oxygen atoms in total. The Morgan fingerprint density at radius 1 is 1.39 bits per heavy atom. The van der Waals surface area contributed by atoms with Gasteiger partial charge >= 0.3 is 0 Å². The minimum Gasteiger partial charge on any atom is -0.303 e. The Labute approximate surface area is 113 Å². The monoisotopic (exact) mass is 251 g/mol. The number of rotatable bonds is 6. The summed E-state index contributed by atoms with van der Waals surface area (Å²) in [5, 5.41) is 12.2. The number of nitriles is 1. The van der Waals surface area contributed by atoms with Crippen molar-refractivity contribution in [3.63, 3.8) is 0 Å². The second-order valence-electron chi connectivity index (χ2n) is 6.22. The van der Waals surface area contributed by atoms with Gasteiger partial charge in [0.05, 0.1) is 6.07 Å². The third-order valence-corrected chi connectivity index (χ3v) is 4.52. The Kier molecular flexibility index (Phi) is 6.11. The van der Waals surface area contributed by atoms with Gasteiger partial charge in [-0.1, -0.05) is 13.8 Å². The van der Waals surface area contributed by atoms with Gasteiger partial charge in [0.2, 0.25) is 0 Å². The third-order valence-electron chi connectivity index (χ3n) is 4.52. The van der Waals surface area contributed by atoms with E-state index in [-0.39, 0.29) is 5.54 Å². The molecule has 0 radical (unpaired) electrons. The van der Waals surface area contributed by atoms with Crippen molar-refractivity contribution in [3.05, 3.63) is 0 Å². The summed E-state index contributed by atoms with van der Waals surface area (Å²) in [5.74, 6) is 1.75. The van der Waals surface area contributed by atoms with E-state index in [1.54, 1.807) is 0 Å². The first-order valence-electron chi connectivity index (χ1n) is 7.33. The zero-order valence-corrected chi connectivity index (χ0v) is 12.5. The largest absolute Gasteiger partial charge is 0.303 e. The Morgan fingerprint density at radius 3 is 2.44 bits per heavy atom. The third kappa shape index (κ3) is 4.59. The molecule has 1 heterocycles. The van der Waals surface area contributed by atoms with Crippen molar-refractivity contribution < 1.29 is 0 Å². The van der Waals surface area contributed by atoms with Gasteiger partial charge in [0.25, 0.3) is 0 Å². The van der Waals surface area contributed by atoms with Crippen LogP contribution in [0, 0.1) is 23.2 Å². The molecule has 0 amide bonds. The molecule has 0 aromatic carbocycles. The number of piperidine rings is 1. The molecule has 1 rings (SSSR count). The standard InChI is InChI=1S/C15H29N3/c1-13(2)14-6-10-18(11-7-14)9-5-8-15(3,12-16)17-4/h13-14,17H,5-11H2,1-4H3. The summed E-state index contributed by atoms with van der Waals surface area (Å²) in [5.41, 5.74) is -0.351. The Morgan fingerprint density at radius 2 is 2.00 bits per heavy atom. The smallest absolute Gasteiger partial charge is 0.103 e. The highest BCUT2D eigenvalue weighted by atomic mass is 15.1. The lowest BCUT2D eigenvalue weighted by molar-refractivity contribution is 0.153. The second-order valence-corrected chi connectivity index (χ2v) is 6.22. The summed E-state index contributed by atoms with van der Waals surface area (Å²) in [6, 6.07) is 2.36. The van der Waals surface area contributed by atoms with Crippen molar-refractivity contribution >= 4 is 0 Å². The van der Waals surface area contributed by atoms with Crippen molar-refractivity contribution in [2.45, 2.75) is 52.0 Å². The number of nitrogens with one attached hydrogen (secondary N) is 1. The first-order chi connectivity index (χ1) is 8.50. The molecular weight excluding hydrogens is 222 g/mol. The molecule has 1 unspecified atom stereocenters. The van der Waals surface area contributed by atoms with E-state index in [0.717, 1.165) is 31.2 Å². The molecule has 1 saturated heterocycles. The Bertz CT molecular complexity index is 274. The van der Waals surface area contributed by atoms with Crippen LogP contribution in [-0.4, -0.2) is 37.1 Å². The topological polar surface area (TPSA) is 39.1 Å². The minimum atomic E-state index is -0.351. The first-order valence-corrected chi connectivity index (χ1v) is 7.33. The molecule has 1 fully saturated rings. The molecule has 104 valence electrons. The molecule has 0 bridgehead atoms. The average molecular weight is 251 g/mol. The predicted molar refractivity (Wildman–Crippen MR) is 76.3 cm³/mol. The number of likely N-dealkylation sites (tertiary alicyclic amines) is 1. The van der Waals surface area contributed by atoms with Crippen molar-refractivity contribution in [2.75, 3.05) is 26.7 Å². The van der Waals surface area contributed by atoms with Crippen molar-refractivity contribution in [1.82, 2.24) is 10.2 Å². The van der Waals surface area contributed by atoms with Crippen LogP contribution in [-0.2, 0) is 0 Å². The fourth-order valence-corrected chi connectivity index (χ4v) is 2.74. The molecular formula is C15H29N3. The first kappa shape index (κ1) is 15.5. The van der Waals surface area contributed by atoms with Crippen LogP contribution in [0.1, 0.15) is 46.5 Å². The van der Waals surface area contributed by atoms with E-state index in [1.165, 1.54) is 25.9 Å². The van der Waals surface area contributed by atoms with Gasteiger partial charge in [-0.2, -0.15) is 5.26 Å². The molecule has 1 aliphatic rings. The zero-order chi connectivity index (χ0) is 13.6. The fourth-order valence-electron chi connectivity index (χ4n) is 2.74. The van der Waals surface area contributed by atoms with Crippen LogP contribution in [0.15, 0.2) is 0 Å². The quantitative estimate of drug-likeness (QED) is 0.789. The van der Waals surface area contributed by atoms with E-state index in [1.807, 2.05) is 14.0 Å². The van der Waals surface area contributed by atoms with Crippen LogP contribution in [0.4, 0.5) is 0 Å². The second kappa shape index (κ2) is 7.11. The number of nitrogens with zero attached hydrogens (tertiary/aromatic N) is 2. The van der Waals surface area contributed by atoms with Gasteiger partial charge in [-0.15, -0.1) is 0 Å². The molecule has 0 spiro atoms. The van der Waals surface area contributed by atoms with Crippen LogP contribution in [0.25, 0.3) is 0 Å². The van der Waals surface area contributed by atoms with Gasteiger partial charge in [-0.3, -0.25) is 0 Å². The molecule has 0 aliphatic carbocycles. The van der Waals surface area contributed by atoms with E-state index < -0.39 is 0 Å². The lowest BCUT2D eigenvalue weighted by atomic mass is 9.86. The van der Waals surface area contributed by atoms with Gasteiger partial charge in [-0.25, -0.2) is 0 Å². The Balaban J connectivity index is 2.21. The summed E-state index contributed by atoms with van der Waals surface area (Å²) in [4.78, 5) is 2.56. The van der Waals surface area contributed by atoms with E-state index in [0.29, 0.717) is 0 Å². The van der Waals surface area contributed by atoms with Crippen LogP contribution >= 0.6 is 0 Å². The molecule has 1 atom stereocenters. The molecule has 1 aliphatic heterocycles. The molecule has 1 N–H and O–H groups in total. The van der Waals surface area contributed by atoms with E-state index in [9.17, 15) is 0 Å². The SMILES string of the molecule is CNC(C)(C#N)CCCN1CCC(C(C)C)CC1. The van der Waals surface area contributed by atoms with Gasteiger partial charge in [0, 0.05) is 0 Å². The van der Waals surface area contributed by atoms with Crippen LogP contribution in [0.2, 0.25) is 0 Å². The summed E-state index contributed by atoms with van der Waals surface area (Å²) in [6.45, 7) is 10.3. The van der Waals surface area contributed by atoms with E-state index in [4.69, 9.17) is 5.26 Å². The summed E-state index contributed by atoms with van der Waals surface area (Å²) in [7, 11) is 1.87. The molecule has 0 saturated carbocycles. The van der Waals surface area contributed by atoms with Crippen LogP contribution < -0.4 is 5.32 Å². The highest BCUT2D eigenvalue weighted by molar-refractivity contribution is 5.02. The van der Waals surface area contributed by atoms with Crippen molar-refractivity contribution in [3.8, 4) is 6.07 Å². The zero-order valence-electron chi connectivity index (χ0n) is 12.5. The van der Waals surface area contributed by atoms with Crippen molar-refractivity contribution in [2.24, 2.45) is 11.8 Å². The normalized spacial score (nSPS) is 21.8. The summed E-state index contributed by atoms with van der Waals surface area (Å²) < 4.78 is 0. The molecule has 0 aromatic heterocycles. The Hall–Kier alpha value is -0.590. The van der Waals surface area contributed by atoms with E-state index >= 15 is 0 Å². The molecule has 0 aromatic rings. The number of hydrogen-bond acceptors (Lipinski definition) is 3. The predicted octanol–water partition coefficient (Wildman–Crippen LogP) is 2.64. The minimum absolute atomic E-state index is 0.351. The maximum atomic E-state index is 9.09. The average Bonchev–Trinajstić information content (AvgIpc) is 2.39. The van der Waals surface area contributed by atoms with Gasteiger partial charge < -0.3 is 10.2 Å². The van der Waals surface area contributed by atoms with Gasteiger partial charge in [0.15, 0.2) is 0 Å². The van der Waals surface area contributed by atoms with Crippen LogP contribution in [0.5, 0.6) is 0 Å². The highest BCUT2D eigenvalue weighted by Gasteiger charge is 2.23. The summed E-state index contributed by atoms with van der Waals surface area (Å²) in [6.07, 6.45) is 4.74. The molecule has 3 heteroatoms. The van der Waals surface area contributed by atoms with Gasteiger partial charge in [0.1, 0.15) is 5.54 Å². The van der Waals surface area contributed by atoms with Gasteiger partial charge in [-0.05, 0) is 71.1 Å².